The van der Waals surface area contributed by atoms with Crippen LogP contribution in [0.5, 0.6) is 0 Å². The van der Waals surface area contributed by atoms with Gasteiger partial charge >= 0.3 is 5.97 Å². The van der Waals surface area contributed by atoms with Crippen LogP contribution in [0, 0.1) is 5.41 Å². The predicted molar refractivity (Wildman–Crippen MR) is 90.0 cm³/mol. The van der Waals surface area contributed by atoms with Crippen LogP contribution in [0.2, 0.25) is 0 Å². The second kappa shape index (κ2) is 7.14. The van der Waals surface area contributed by atoms with Crippen molar-refractivity contribution in [2.75, 3.05) is 0 Å². The van der Waals surface area contributed by atoms with Crippen molar-refractivity contribution in [2.24, 2.45) is 5.41 Å². The molecule has 3 heteroatoms. The summed E-state index contributed by atoms with van der Waals surface area (Å²) in [6.45, 7) is 0.694. The van der Waals surface area contributed by atoms with E-state index in [1.54, 1.807) is 0 Å². The van der Waals surface area contributed by atoms with Gasteiger partial charge < -0.3 is 9.84 Å². The average Bonchev–Trinajstić information content (AvgIpc) is 2.57. The maximum absolute atomic E-state index is 10.7. The Labute approximate surface area is 137 Å². The van der Waals surface area contributed by atoms with E-state index in [1.807, 2.05) is 24.3 Å². The molecule has 0 aromatic heterocycles. The molecule has 0 aliphatic heterocycles. The molecule has 0 bridgehead atoms. The summed E-state index contributed by atoms with van der Waals surface area (Å²) in [6, 6.07) is 10.3. The lowest BCUT2D eigenvalue weighted by atomic mass is 9.67. The van der Waals surface area contributed by atoms with E-state index in [1.165, 1.54) is 11.6 Å². The van der Waals surface area contributed by atoms with Gasteiger partial charge in [0.1, 0.15) is 0 Å². The van der Waals surface area contributed by atoms with E-state index in [4.69, 9.17) is 9.84 Å². The van der Waals surface area contributed by atoms with E-state index in [0.717, 1.165) is 44.1 Å². The van der Waals surface area contributed by atoms with Crippen LogP contribution < -0.4 is 0 Å². The first kappa shape index (κ1) is 16.0. The van der Waals surface area contributed by atoms with Gasteiger partial charge in [0.05, 0.1) is 12.7 Å². The maximum Gasteiger partial charge on any atom is 0.328 e. The van der Waals surface area contributed by atoms with E-state index in [2.05, 4.69) is 18.2 Å². The normalized spacial score (nSPS) is 29.0. The number of ether oxygens (including phenoxy) is 1. The van der Waals surface area contributed by atoms with Crippen LogP contribution in [0.3, 0.4) is 0 Å². The minimum Gasteiger partial charge on any atom is -0.478 e. The fraction of sp³-hybridized carbons (Fsp3) is 0.450. The molecular formula is C20H24O3. The third kappa shape index (κ3) is 4.32. The van der Waals surface area contributed by atoms with Gasteiger partial charge in [-0.3, -0.25) is 0 Å². The molecule has 1 aromatic rings. The molecule has 1 N–H and O–H groups in total. The van der Waals surface area contributed by atoms with E-state index in [-0.39, 0.29) is 5.41 Å². The summed E-state index contributed by atoms with van der Waals surface area (Å²) >= 11 is 0. The fourth-order valence-electron chi connectivity index (χ4n) is 3.66. The summed E-state index contributed by atoms with van der Waals surface area (Å²) < 4.78 is 6.06. The van der Waals surface area contributed by atoms with Crippen molar-refractivity contribution in [1.29, 1.82) is 0 Å². The van der Waals surface area contributed by atoms with Gasteiger partial charge in [-0.05, 0) is 55.1 Å². The first-order valence-electron chi connectivity index (χ1n) is 8.44. The Morgan fingerprint density at radius 1 is 1.22 bits per heavy atom. The third-order valence-corrected chi connectivity index (χ3v) is 5.13. The zero-order valence-electron chi connectivity index (χ0n) is 13.4. The van der Waals surface area contributed by atoms with Crippen LogP contribution in [0.4, 0.5) is 0 Å². The number of allylic oxidation sites excluding steroid dienone is 3. The molecule has 1 aromatic carbocycles. The topological polar surface area (TPSA) is 46.5 Å². The molecule has 23 heavy (non-hydrogen) atoms. The lowest BCUT2D eigenvalue weighted by Crippen LogP contribution is -2.31. The highest BCUT2D eigenvalue weighted by atomic mass is 16.5. The van der Waals surface area contributed by atoms with E-state index < -0.39 is 5.97 Å². The Morgan fingerprint density at radius 2 is 1.96 bits per heavy atom. The highest BCUT2D eigenvalue weighted by molar-refractivity contribution is 5.81. The van der Waals surface area contributed by atoms with Crippen LogP contribution >= 0.6 is 0 Å². The molecule has 0 unspecified atom stereocenters. The molecule has 0 atom stereocenters. The van der Waals surface area contributed by atoms with Gasteiger partial charge in [-0.15, -0.1) is 0 Å². The van der Waals surface area contributed by atoms with Gasteiger partial charge in [-0.25, -0.2) is 4.79 Å². The number of carbonyl (C=O) groups is 1. The Bertz CT molecular complexity index is 593. The number of hydrogen-bond acceptors (Lipinski definition) is 2. The lowest BCUT2D eigenvalue weighted by molar-refractivity contribution is -0.131. The van der Waals surface area contributed by atoms with Gasteiger partial charge in [-0.1, -0.05) is 42.5 Å². The molecule has 122 valence electrons. The van der Waals surface area contributed by atoms with Crippen molar-refractivity contribution in [3.8, 4) is 0 Å². The average molecular weight is 312 g/mol. The fourth-order valence-corrected chi connectivity index (χ4v) is 3.66. The van der Waals surface area contributed by atoms with Crippen molar-refractivity contribution in [3.63, 3.8) is 0 Å². The van der Waals surface area contributed by atoms with Crippen LogP contribution in [0.15, 0.2) is 54.1 Å². The molecule has 1 spiro atoms. The smallest absolute Gasteiger partial charge is 0.328 e. The number of carboxylic acid groups (broad SMARTS) is 1. The number of rotatable bonds is 4. The minimum absolute atomic E-state index is 0.266. The van der Waals surface area contributed by atoms with Gasteiger partial charge in [0.2, 0.25) is 0 Å². The predicted octanol–water partition coefficient (Wildman–Crippen LogP) is 4.49. The summed E-state index contributed by atoms with van der Waals surface area (Å²) in [5.74, 6) is -0.848. The highest BCUT2D eigenvalue weighted by Gasteiger charge is 2.34. The molecule has 2 aliphatic carbocycles. The van der Waals surface area contributed by atoms with Gasteiger partial charge in [-0.2, -0.15) is 0 Å². The zero-order chi connectivity index (χ0) is 16.1. The standard InChI is InChI=1S/C20H24O3/c21-19(22)14-16-6-10-20(11-7-16)12-8-18(9-13-20)23-15-17-4-2-1-3-5-17/h1-6,10,14,18H,7-9,11-13,15H2,(H,21,22)/b16-14-. The van der Waals surface area contributed by atoms with E-state index >= 15 is 0 Å². The van der Waals surface area contributed by atoms with Crippen molar-refractivity contribution in [2.45, 2.75) is 51.2 Å². The monoisotopic (exact) mass is 312 g/mol. The van der Waals surface area contributed by atoms with E-state index in [9.17, 15) is 4.79 Å². The molecule has 3 rings (SSSR count). The van der Waals surface area contributed by atoms with Crippen molar-refractivity contribution >= 4 is 5.97 Å². The van der Waals surface area contributed by atoms with Gasteiger partial charge in [0, 0.05) is 6.08 Å². The maximum atomic E-state index is 10.7. The summed E-state index contributed by atoms with van der Waals surface area (Å²) in [4.78, 5) is 10.7. The number of aliphatic carboxylic acids is 1. The Morgan fingerprint density at radius 3 is 2.57 bits per heavy atom. The quantitative estimate of drug-likeness (QED) is 0.833. The van der Waals surface area contributed by atoms with Crippen LogP contribution in [-0.2, 0) is 16.1 Å². The van der Waals surface area contributed by atoms with Gasteiger partial charge in [0.15, 0.2) is 0 Å². The van der Waals surface area contributed by atoms with E-state index in [0.29, 0.717) is 12.7 Å². The lowest BCUT2D eigenvalue weighted by Gasteiger charge is -2.40. The molecule has 0 radical (unpaired) electrons. The summed E-state index contributed by atoms with van der Waals surface area (Å²) in [5, 5.41) is 8.83. The molecular weight excluding hydrogens is 288 g/mol. The number of benzene rings is 1. The molecule has 2 aliphatic rings. The molecule has 0 heterocycles. The second-order valence-corrected chi connectivity index (χ2v) is 6.75. The summed E-state index contributed by atoms with van der Waals surface area (Å²) in [6.07, 6.45) is 12.4. The molecule has 1 saturated carbocycles. The Kier molecular flexibility index (Phi) is 4.97. The summed E-state index contributed by atoms with van der Waals surface area (Å²) in [5.41, 5.74) is 2.43. The van der Waals surface area contributed by atoms with Crippen LogP contribution in [-0.4, -0.2) is 17.2 Å². The zero-order valence-corrected chi connectivity index (χ0v) is 13.4. The molecule has 3 nitrogen and oxygen atoms in total. The third-order valence-electron chi connectivity index (χ3n) is 5.13. The molecule has 0 saturated heterocycles. The Hall–Kier alpha value is -1.87. The van der Waals surface area contributed by atoms with Gasteiger partial charge in [0.25, 0.3) is 0 Å². The first-order chi connectivity index (χ1) is 11.2. The van der Waals surface area contributed by atoms with Crippen LogP contribution in [0.25, 0.3) is 0 Å². The van der Waals surface area contributed by atoms with Crippen molar-refractivity contribution in [1.82, 2.24) is 0 Å². The molecule has 0 amide bonds. The number of carboxylic acids is 1. The largest absolute Gasteiger partial charge is 0.478 e. The van der Waals surface area contributed by atoms with Crippen molar-refractivity contribution < 1.29 is 14.6 Å². The number of hydrogen-bond donors (Lipinski definition) is 1. The second-order valence-electron chi connectivity index (χ2n) is 6.75. The SMILES string of the molecule is O=C(O)/C=C1/C=CC2(CC1)CCC(OCc1ccccc1)CC2. The van der Waals surface area contributed by atoms with Crippen molar-refractivity contribution in [3.05, 3.63) is 59.7 Å². The molecule has 1 fully saturated rings. The van der Waals surface area contributed by atoms with Crippen LogP contribution in [0.1, 0.15) is 44.1 Å². The first-order valence-corrected chi connectivity index (χ1v) is 8.44. The highest BCUT2D eigenvalue weighted by Crippen LogP contribution is 2.45. The minimum atomic E-state index is -0.848. The Balaban J connectivity index is 1.50. The summed E-state index contributed by atoms with van der Waals surface area (Å²) in [7, 11) is 0.